The molecule has 2 aromatic heterocycles. The molecular weight excluding hydrogens is 494 g/mol. The van der Waals surface area contributed by atoms with Crippen LogP contribution in [-0.4, -0.2) is 23.4 Å². The molecule has 4 rings (SSSR count). The minimum atomic E-state index is -0.720. The number of ether oxygens (including phenoxy) is 1. The second-order valence-corrected chi connectivity index (χ2v) is 8.45. The predicted molar refractivity (Wildman–Crippen MR) is 139 cm³/mol. The number of nitriles is 1. The number of esters is 1. The lowest BCUT2D eigenvalue weighted by atomic mass is 10.0. The Morgan fingerprint density at radius 3 is 2.49 bits per heavy atom. The van der Waals surface area contributed by atoms with Gasteiger partial charge in [-0.3, -0.25) is 14.9 Å². The Morgan fingerprint density at radius 1 is 1.11 bits per heavy atom. The van der Waals surface area contributed by atoms with Crippen LogP contribution in [0.3, 0.4) is 0 Å². The molecule has 0 bridgehead atoms. The van der Waals surface area contributed by atoms with Crippen LogP contribution in [0.4, 0.5) is 10.7 Å². The number of rotatable bonds is 8. The third-order valence-corrected chi connectivity index (χ3v) is 6.12. The Bertz CT molecular complexity index is 1530. The summed E-state index contributed by atoms with van der Waals surface area (Å²) in [7, 11) is 0. The quantitative estimate of drug-likeness (QED) is 0.0959. The van der Waals surface area contributed by atoms with Crippen molar-refractivity contribution in [2.24, 2.45) is 0 Å². The fraction of sp³-hybridized carbons (Fsp3) is 0.0741. The number of carbonyl (C=O) groups is 2. The first-order chi connectivity index (χ1) is 17.9. The molecule has 0 spiro atoms. The highest BCUT2D eigenvalue weighted by molar-refractivity contribution is 7.15. The van der Waals surface area contributed by atoms with Crippen LogP contribution in [0.5, 0.6) is 0 Å². The van der Waals surface area contributed by atoms with Gasteiger partial charge in [0.15, 0.2) is 0 Å². The molecule has 4 aromatic rings. The second kappa shape index (κ2) is 11.2. The van der Waals surface area contributed by atoms with E-state index in [0.717, 1.165) is 16.9 Å². The van der Waals surface area contributed by atoms with Crippen LogP contribution in [0.2, 0.25) is 0 Å². The molecule has 9 nitrogen and oxygen atoms in total. The average molecular weight is 514 g/mol. The highest BCUT2D eigenvalue weighted by Crippen LogP contribution is 2.36. The molecule has 10 heteroatoms. The lowest BCUT2D eigenvalue weighted by molar-refractivity contribution is -0.384. The molecule has 0 aliphatic heterocycles. The minimum absolute atomic E-state index is 0.0509. The summed E-state index contributed by atoms with van der Waals surface area (Å²) in [5, 5.41) is 25.1. The van der Waals surface area contributed by atoms with Gasteiger partial charge in [-0.25, -0.2) is 4.79 Å². The smallest absolute Gasteiger partial charge is 0.341 e. The van der Waals surface area contributed by atoms with E-state index in [-0.39, 0.29) is 34.2 Å². The number of amides is 1. The number of nitrogens with zero attached hydrogens (tertiary/aromatic N) is 2. The van der Waals surface area contributed by atoms with Gasteiger partial charge in [-0.2, -0.15) is 5.26 Å². The molecule has 0 aliphatic carbocycles. The third kappa shape index (κ3) is 5.63. The summed E-state index contributed by atoms with van der Waals surface area (Å²) in [4.78, 5) is 36.0. The highest BCUT2D eigenvalue weighted by Gasteiger charge is 2.24. The molecular formula is C27H19N3O6S. The number of nitro groups is 1. The summed E-state index contributed by atoms with van der Waals surface area (Å²) >= 11 is 1.15. The number of anilines is 1. The molecule has 2 aromatic carbocycles. The zero-order valence-corrected chi connectivity index (χ0v) is 20.3. The summed E-state index contributed by atoms with van der Waals surface area (Å²) in [6.45, 7) is 1.85. The standard InChI is InChI=1S/C27H19N3O6S/c1-2-35-27(32)24-22(17-6-4-3-5-7-17)16-37-26(24)29-25(31)19(15-28)14-21-12-13-23(36-21)18-8-10-20(11-9-18)30(33)34/h3-14,16H,2H2,1H3,(H,29,31). The number of hydrogen-bond acceptors (Lipinski definition) is 8. The van der Waals surface area contributed by atoms with Crippen molar-refractivity contribution in [3.63, 3.8) is 0 Å². The number of hydrogen-bond donors (Lipinski definition) is 1. The summed E-state index contributed by atoms with van der Waals surface area (Å²) < 4.78 is 10.9. The van der Waals surface area contributed by atoms with Gasteiger partial charge in [0.2, 0.25) is 0 Å². The van der Waals surface area contributed by atoms with E-state index >= 15 is 0 Å². The van der Waals surface area contributed by atoms with Gasteiger partial charge >= 0.3 is 5.97 Å². The zero-order chi connectivity index (χ0) is 26.4. The van der Waals surface area contributed by atoms with Crippen LogP contribution >= 0.6 is 11.3 Å². The molecule has 0 unspecified atom stereocenters. The van der Waals surface area contributed by atoms with Crippen LogP contribution < -0.4 is 5.32 Å². The van der Waals surface area contributed by atoms with Gasteiger partial charge in [0.25, 0.3) is 11.6 Å². The van der Waals surface area contributed by atoms with Gasteiger partial charge in [0, 0.05) is 34.7 Å². The summed E-state index contributed by atoms with van der Waals surface area (Å²) in [6, 6.07) is 20.1. The maximum absolute atomic E-state index is 13.0. The molecule has 37 heavy (non-hydrogen) atoms. The fourth-order valence-electron chi connectivity index (χ4n) is 3.48. The number of furan rings is 1. The molecule has 0 radical (unpaired) electrons. The fourth-order valence-corrected chi connectivity index (χ4v) is 4.43. The van der Waals surface area contributed by atoms with Gasteiger partial charge in [-0.05, 0) is 36.8 Å². The maximum Gasteiger partial charge on any atom is 0.341 e. The number of nitro benzene ring substituents is 1. The Kier molecular flexibility index (Phi) is 7.56. The van der Waals surface area contributed by atoms with E-state index in [2.05, 4.69) is 5.32 Å². The molecule has 0 aliphatic rings. The van der Waals surface area contributed by atoms with E-state index in [1.165, 1.54) is 18.2 Å². The van der Waals surface area contributed by atoms with Crippen molar-refractivity contribution >= 4 is 40.0 Å². The molecule has 184 valence electrons. The number of nitrogens with one attached hydrogen (secondary N) is 1. The van der Waals surface area contributed by atoms with E-state index in [9.17, 15) is 25.0 Å². The van der Waals surface area contributed by atoms with Crippen molar-refractivity contribution in [2.75, 3.05) is 11.9 Å². The first kappa shape index (κ1) is 25.1. The zero-order valence-electron chi connectivity index (χ0n) is 19.5. The SMILES string of the molecule is CCOC(=O)c1c(-c2ccccc2)csc1NC(=O)C(C#N)=Cc1ccc(-c2ccc([N+](=O)[O-])cc2)o1. The van der Waals surface area contributed by atoms with E-state index in [1.807, 2.05) is 36.4 Å². The van der Waals surface area contributed by atoms with Gasteiger partial charge in [-0.1, -0.05) is 30.3 Å². The van der Waals surface area contributed by atoms with Gasteiger partial charge in [0.05, 0.1) is 11.5 Å². The topological polar surface area (TPSA) is 135 Å². The van der Waals surface area contributed by atoms with Crippen LogP contribution in [0.1, 0.15) is 23.0 Å². The number of carbonyl (C=O) groups excluding carboxylic acids is 2. The summed E-state index contributed by atoms with van der Waals surface area (Å²) in [5.41, 5.74) is 1.91. The van der Waals surface area contributed by atoms with Crippen molar-refractivity contribution in [2.45, 2.75) is 6.92 Å². The Hall–Kier alpha value is -5.01. The van der Waals surface area contributed by atoms with Crippen molar-refractivity contribution in [1.82, 2.24) is 0 Å². The number of benzene rings is 2. The Labute approximate surface area is 215 Å². The van der Waals surface area contributed by atoms with Crippen LogP contribution in [0, 0.1) is 21.4 Å². The van der Waals surface area contributed by atoms with Crippen molar-refractivity contribution in [1.29, 1.82) is 5.26 Å². The number of non-ortho nitro benzene ring substituents is 1. The van der Waals surface area contributed by atoms with E-state index < -0.39 is 16.8 Å². The van der Waals surface area contributed by atoms with Gasteiger partial charge in [-0.15, -0.1) is 11.3 Å². The predicted octanol–water partition coefficient (Wildman–Crippen LogP) is 6.31. The van der Waals surface area contributed by atoms with Crippen LogP contribution in [0.25, 0.3) is 28.5 Å². The van der Waals surface area contributed by atoms with Crippen LogP contribution in [-0.2, 0) is 9.53 Å². The minimum Gasteiger partial charge on any atom is -0.462 e. The van der Waals surface area contributed by atoms with E-state index in [0.29, 0.717) is 16.9 Å². The lowest BCUT2D eigenvalue weighted by Gasteiger charge is -2.08. The van der Waals surface area contributed by atoms with Crippen molar-refractivity contribution in [3.05, 3.63) is 99.1 Å². The molecule has 0 saturated heterocycles. The molecule has 0 saturated carbocycles. The monoisotopic (exact) mass is 513 g/mol. The molecule has 0 atom stereocenters. The Morgan fingerprint density at radius 2 is 1.84 bits per heavy atom. The van der Waals surface area contributed by atoms with Crippen LogP contribution in [0.15, 0.2) is 82.1 Å². The first-order valence-electron chi connectivity index (χ1n) is 11.0. The molecule has 0 fully saturated rings. The van der Waals surface area contributed by atoms with Gasteiger partial charge < -0.3 is 14.5 Å². The Balaban J connectivity index is 1.59. The maximum atomic E-state index is 13.0. The lowest BCUT2D eigenvalue weighted by Crippen LogP contribution is -2.16. The molecule has 1 N–H and O–H groups in total. The second-order valence-electron chi connectivity index (χ2n) is 7.57. The summed E-state index contributed by atoms with van der Waals surface area (Å²) in [6.07, 6.45) is 1.28. The van der Waals surface area contributed by atoms with E-state index in [1.54, 1.807) is 36.6 Å². The summed E-state index contributed by atoms with van der Waals surface area (Å²) in [5.74, 6) is -0.655. The molecule has 2 heterocycles. The molecule has 1 amide bonds. The van der Waals surface area contributed by atoms with Crippen molar-refractivity contribution < 1.29 is 23.7 Å². The number of thiophene rings is 1. The third-order valence-electron chi connectivity index (χ3n) is 5.22. The van der Waals surface area contributed by atoms with Gasteiger partial charge in [0.1, 0.15) is 33.7 Å². The normalized spacial score (nSPS) is 11.0. The first-order valence-corrected chi connectivity index (χ1v) is 11.9. The average Bonchev–Trinajstić information content (AvgIpc) is 3.55. The van der Waals surface area contributed by atoms with Crippen molar-refractivity contribution in [3.8, 4) is 28.5 Å². The largest absolute Gasteiger partial charge is 0.462 e. The highest BCUT2D eigenvalue weighted by atomic mass is 32.1. The van der Waals surface area contributed by atoms with E-state index in [4.69, 9.17) is 9.15 Å².